The van der Waals surface area contributed by atoms with Crippen LogP contribution in [0.1, 0.15) is 5.82 Å². The zero-order valence-electron chi connectivity index (χ0n) is 5.10. The standard InChI is InChI=1S/C3H4N2O2S2.Y/c1-2-4-3(8-5-2)9(6)7;/h1H3,(H,6,7);/p-1. The van der Waals surface area contributed by atoms with Crippen LogP contribution in [0.2, 0.25) is 0 Å². The zero-order valence-corrected chi connectivity index (χ0v) is 9.58. The Balaban J connectivity index is 0.000000810. The number of rotatable bonds is 1. The minimum absolute atomic E-state index is 0. The molecule has 10 heavy (non-hydrogen) atoms. The van der Waals surface area contributed by atoms with Crippen LogP contribution in [0, 0.1) is 6.92 Å². The first-order valence-corrected chi connectivity index (χ1v) is 3.94. The second-order valence-electron chi connectivity index (χ2n) is 1.34. The zero-order chi connectivity index (χ0) is 6.85. The Hall–Kier alpha value is 0.774. The van der Waals surface area contributed by atoms with Gasteiger partial charge in [0.15, 0.2) is 4.34 Å². The third-order valence-corrected chi connectivity index (χ3v) is 2.26. The molecule has 1 unspecified atom stereocenters. The molecule has 1 radical (unpaired) electrons. The third kappa shape index (κ3) is 2.79. The number of nitrogens with zero attached hydrogens (tertiary/aromatic N) is 2. The Morgan fingerprint density at radius 3 is 2.50 bits per heavy atom. The maximum Gasteiger partial charge on any atom is 0.186 e. The Morgan fingerprint density at radius 2 is 2.30 bits per heavy atom. The average Bonchev–Trinajstić information content (AvgIpc) is 2.14. The second kappa shape index (κ2) is 4.61. The summed E-state index contributed by atoms with van der Waals surface area (Å²) >= 11 is -1.33. The molecular formula is C3H3N2O2S2Y-. The largest absolute Gasteiger partial charge is 0.767 e. The molecule has 1 aromatic heterocycles. The molecule has 0 aliphatic rings. The van der Waals surface area contributed by atoms with Crippen LogP contribution in [0.5, 0.6) is 0 Å². The van der Waals surface area contributed by atoms with E-state index in [0.717, 1.165) is 11.5 Å². The minimum atomic E-state index is -2.21. The molecule has 0 N–H and O–H groups in total. The van der Waals surface area contributed by atoms with Crippen LogP contribution in [-0.4, -0.2) is 18.1 Å². The molecule has 0 aliphatic carbocycles. The van der Waals surface area contributed by atoms with E-state index in [1.165, 1.54) is 0 Å². The van der Waals surface area contributed by atoms with Gasteiger partial charge in [0.25, 0.3) is 0 Å². The summed E-state index contributed by atoms with van der Waals surface area (Å²) < 4.78 is 24.0. The maximum absolute atomic E-state index is 10.1. The van der Waals surface area contributed by atoms with Crippen molar-refractivity contribution in [3.8, 4) is 0 Å². The van der Waals surface area contributed by atoms with Crippen molar-refractivity contribution < 1.29 is 41.5 Å². The molecule has 1 rings (SSSR count). The van der Waals surface area contributed by atoms with Crippen LogP contribution in [0.15, 0.2) is 4.34 Å². The molecule has 1 aromatic rings. The number of hydrogen-bond acceptors (Lipinski definition) is 5. The predicted molar refractivity (Wildman–Crippen MR) is 31.8 cm³/mol. The van der Waals surface area contributed by atoms with Gasteiger partial charge >= 0.3 is 0 Å². The SMILES string of the molecule is Cc1nsc(S(=O)[O-])n1.[Y]. The fourth-order valence-corrected chi connectivity index (χ4v) is 1.33. The smallest absolute Gasteiger partial charge is 0.186 e. The first-order chi connectivity index (χ1) is 4.20. The van der Waals surface area contributed by atoms with Gasteiger partial charge in [0.05, 0.1) is 0 Å². The second-order valence-corrected chi connectivity index (χ2v) is 3.21. The molecule has 0 aromatic carbocycles. The molecule has 0 saturated heterocycles. The molecule has 0 bridgehead atoms. The van der Waals surface area contributed by atoms with E-state index in [9.17, 15) is 8.76 Å². The number of aromatic nitrogens is 2. The molecule has 0 saturated carbocycles. The molecule has 0 fully saturated rings. The summed E-state index contributed by atoms with van der Waals surface area (Å²) in [6, 6.07) is 0. The van der Waals surface area contributed by atoms with E-state index in [1.807, 2.05) is 0 Å². The Bertz CT molecular complexity index is 238. The van der Waals surface area contributed by atoms with Gasteiger partial charge < -0.3 is 4.55 Å². The number of hydrogen-bond donors (Lipinski definition) is 0. The van der Waals surface area contributed by atoms with Crippen LogP contribution in [0.25, 0.3) is 0 Å². The molecule has 0 spiro atoms. The van der Waals surface area contributed by atoms with Crippen molar-refractivity contribution in [3.05, 3.63) is 5.82 Å². The summed E-state index contributed by atoms with van der Waals surface area (Å²) in [6.45, 7) is 1.65. The first-order valence-electron chi connectivity index (χ1n) is 2.09. The normalized spacial score (nSPS) is 12.2. The summed E-state index contributed by atoms with van der Waals surface area (Å²) in [5.74, 6) is 0.499. The predicted octanol–water partition coefficient (Wildman–Crippen LogP) is 0.0820. The van der Waals surface area contributed by atoms with Gasteiger partial charge in [-0.1, -0.05) is 0 Å². The van der Waals surface area contributed by atoms with Crippen molar-refractivity contribution in [1.82, 2.24) is 9.36 Å². The van der Waals surface area contributed by atoms with Gasteiger partial charge in [-0.15, -0.1) is 0 Å². The van der Waals surface area contributed by atoms with Gasteiger partial charge in [0.2, 0.25) is 0 Å². The fraction of sp³-hybridized carbons (Fsp3) is 0.333. The fourth-order valence-electron chi connectivity index (χ4n) is 0.346. The summed E-state index contributed by atoms with van der Waals surface area (Å²) in [4.78, 5) is 3.60. The van der Waals surface area contributed by atoms with Crippen molar-refractivity contribution in [3.63, 3.8) is 0 Å². The maximum atomic E-state index is 10.1. The van der Waals surface area contributed by atoms with E-state index in [0.29, 0.717) is 5.82 Å². The van der Waals surface area contributed by atoms with E-state index in [4.69, 9.17) is 0 Å². The van der Waals surface area contributed by atoms with Gasteiger partial charge in [-0.25, -0.2) is 4.98 Å². The minimum Gasteiger partial charge on any atom is -0.767 e. The molecule has 0 amide bonds. The molecule has 7 heteroatoms. The van der Waals surface area contributed by atoms with E-state index in [-0.39, 0.29) is 37.0 Å². The molecule has 1 heterocycles. The van der Waals surface area contributed by atoms with Gasteiger partial charge in [-0.3, -0.25) is 4.21 Å². The van der Waals surface area contributed by atoms with Gasteiger partial charge in [0.1, 0.15) is 5.82 Å². The van der Waals surface area contributed by atoms with E-state index >= 15 is 0 Å². The Kier molecular flexibility index (Phi) is 4.97. The summed E-state index contributed by atoms with van der Waals surface area (Å²) in [5.41, 5.74) is 0. The van der Waals surface area contributed by atoms with Crippen LogP contribution >= 0.6 is 11.5 Å². The van der Waals surface area contributed by atoms with Gasteiger partial charge in [0, 0.05) is 43.8 Å². The van der Waals surface area contributed by atoms with Gasteiger partial charge in [-0.2, -0.15) is 4.37 Å². The van der Waals surface area contributed by atoms with Crippen LogP contribution in [0.3, 0.4) is 0 Å². The van der Waals surface area contributed by atoms with Crippen LogP contribution in [0.4, 0.5) is 0 Å². The third-order valence-electron chi connectivity index (χ3n) is 0.652. The van der Waals surface area contributed by atoms with E-state index in [1.54, 1.807) is 6.92 Å². The van der Waals surface area contributed by atoms with Gasteiger partial charge in [-0.05, 0) is 18.5 Å². The molecule has 1 atom stereocenters. The Morgan fingerprint density at radius 1 is 1.70 bits per heavy atom. The number of aryl methyl sites for hydroxylation is 1. The molecule has 4 nitrogen and oxygen atoms in total. The van der Waals surface area contributed by atoms with Crippen LogP contribution in [-0.2, 0) is 43.8 Å². The first kappa shape index (κ1) is 10.8. The molecular weight excluding hydrogens is 249 g/mol. The summed E-state index contributed by atoms with van der Waals surface area (Å²) in [7, 11) is 0. The van der Waals surface area contributed by atoms with Crippen LogP contribution < -0.4 is 0 Å². The van der Waals surface area contributed by atoms with E-state index < -0.39 is 11.1 Å². The quantitative estimate of drug-likeness (QED) is 0.664. The van der Waals surface area contributed by atoms with Crippen molar-refractivity contribution in [1.29, 1.82) is 0 Å². The topological polar surface area (TPSA) is 65.9 Å². The molecule has 53 valence electrons. The Labute approximate surface area is 89.8 Å². The van der Waals surface area contributed by atoms with Crippen molar-refractivity contribution in [2.75, 3.05) is 0 Å². The molecule has 0 aliphatic heterocycles. The van der Waals surface area contributed by atoms with Crippen molar-refractivity contribution in [2.24, 2.45) is 0 Å². The van der Waals surface area contributed by atoms with Crippen molar-refractivity contribution in [2.45, 2.75) is 11.3 Å². The summed E-state index contributed by atoms with van der Waals surface area (Å²) in [5, 5.41) is 0. The monoisotopic (exact) mass is 252 g/mol. The van der Waals surface area contributed by atoms with Crippen molar-refractivity contribution >= 4 is 22.6 Å². The van der Waals surface area contributed by atoms with E-state index in [2.05, 4.69) is 9.36 Å². The summed E-state index contributed by atoms with van der Waals surface area (Å²) in [6.07, 6.45) is 0. The average molecular weight is 252 g/mol.